The summed E-state index contributed by atoms with van der Waals surface area (Å²) in [4.78, 5) is 28.5. The molecule has 6 nitrogen and oxygen atoms in total. The van der Waals surface area contributed by atoms with E-state index in [4.69, 9.17) is 5.73 Å². The molecule has 2 heterocycles. The standard InChI is InChI=1S/C15H18N4O2/c1-9(20)18-11-4-5-19(8-11)15(21)13-7-17-14-6-10(16)2-3-12(13)14/h2-3,6-7,11,17H,4-5,8,16H2,1H3,(H,18,20). The Kier molecular flexibility index (Phi) is 3.29. The van der Waals surface area contributed by atoms with Crippen molar-refractivity contribution >= 4 is 28.4 Å². The van der Waals surface area contributed by atoms with Gasteiger partial charge >= 0.3 is 0 Å². The summed E-state index contributed by atoms with van der Waals surface area (Å²) in [6.07, 6.45) is 2.51. The molecule has 1 saturated heterocycles. The van der Waals surface area contributed by atoms with Crippen LogP contribution < -0.4 is 11.1 Å². The minimum absolute atomic E-state index is 0.0149. The maximum absolute atomic E-state index is 12.6. The third-order valence-electron chi connectivity index (χ3n) is 3.82. The van der Waals surface area contributed by atoms with Crippen molar-refractivity contribution in [1.82, 2.24) is 15.2 Å². The van der Waals surface area contributed by atoms with Crippen molar-refractivity contribution in [3.63, 3.8) is 0 Å². The predicted molar refractivity (Wildman–Crippen MR) is 80.8 cm³/mol. The number of nitrogens with two attached hydrogens (primary N) is 1. The third kappa shape index (κ3) is 2.56. The Morgan fingerprint density at radius 3 is 3.00 bits per heavy atom. The number of carbonyl (C=O) groups is 2. The number of likely N-dealkylation sites (tertiary alicyclic amines) is 1. The van der Waals surface area contributed by atoms with Gasteiger partial charge in [0.05, 0.1) is 5.56 Å². The first-order chi connectivity index (χ1) is 10.0. The number of nitrogen functional groups attached to an aromatic ring is 1. The number of benzene rings is 1. The number of hydrogen-bond acceptors (Lipinski definition) is 3. The summed E-state index contributed by atoms with van der Waals surface area (Å²) in [6, 6.07) is 5.51. The van der Waals surface area contributed by atoms with Crippen molar-refractivity contribution in [3.8, 4) is 0 Å². The highest BCUT2D eigenvalue weighted by atomic mass is 16.2. The predicted octanol–water partition coefficient (Wildman–Crippen LogP) is 1.10. The van der Waals surface area contributed by atoms with E-state index < -0.39 is 0 Å². The molecule has 1 unspecified atom stereocenters. The Hall–Kier alpha value is -2.50. The smallest absolute Gasteiger partial charge is 0.256 e. The van der Waals surface area contributed by atoms with Crippen LogP contribution in [0, 0.1) is 0 Å². The number of nitrogens with zero attached hydrogens (tertiary/aromatic N) is 1. The van der Waals surface area contributed by atoms with Gasteiger partial charge in [0, 0.05) is 48.8 Å². The van der Waals surface area contributed by atoms with E-state index in [2.05, 4.69) is 10.3 Å². The average molecular weight is 286 g/mol. The van der Waals surface area contributed by atoms with E-state index in [1.807, 2.05) is 12.1 Å². The monoisotopic (exact) mass is 286 g/mol. The van der Waals surface area contributed by atoms with Gasteiger partial charge in [-0.05, 0) is 24.6 Å². The largest absolute Gasteiger partial charge is 0.399 e. The molecule has 4 N–H and O–H groups in total. The summed E-state index contributed by atoms with van der Waals surface area (Å²) >= 11 is 0. The molecule has 1 aliphatic rings. The molecule has 0 saturated carbocycles. The van der Waals surface area contributed by atoms with Crippen LogP contribution in [0.15, 0.2) is 24.4 Å². The number of anilines is 1. The van der Waals surface area contributed by atoms with Gasteiger partial charge in [-0.2, -0.15) is 0 Å². The molecule has 0 bridgehead atoms. The lowest BCUT2D eigenvalue weighted by Gasteiger charge is -2.16. The molecule has 1 aliphatic heterocycles. The Labute approximate surface area is 122 Å². The molecular formula is C15H18N4O2. The lowest BCUT2D eigenvalue weighted by atomic mass is 10.1. The van der Waals surface area contributed by atoms with E-state index in [1.54, 1.807) is 17.2 Å². The molecule has 110 valence electrons. The van der Waals surface area contributed by atoms with Gasteiger partial charge in [0.2, 0.25) is 5.91 Å². The van der Waals surface area contributed by atoms with E-state index in [0.29, 0.717) is 24.3 Å². The van der Waals surface area contributed by atoms with Gasteiger partial charge in [-0.15, -0.1) is 0 Å². The SMILES string of the molecule is CC(=O)NC1CCN(C(=O)c2c[nH]c3cc(N)ccc23)C1. The number of carbonyl (C=O) groups excluding carboxylic acids is 2. The first kappa shape index (κ1) is 13.5. The van der Waals surface area contributed by atoms with Crippen LogP contribution in [0.5, 0.6) is 0 Å². The van der Waals surface area contributed by atoms with E-state index in [9.17, 15) is 9.59 Å². The molecule has 1 fully saturated rings. The van der Waals surface area contributed by atoms with Crippen molar-refractivity contribution < 1.29 is 9.59 Å². The highest BCUT2D eigenvalue weighted by molar-refractivity contribution is 6.07. The van der Waals surface area contributed by atoms with Crippen LogP contribution in [-0.4, -0.2) is 40.8 Å². The van der Waals surface area contributed by atoms with Crippen LogP contribution in [0.4, 0.5) is 5.69 Å². The molecule has 1 aromatic carbocycles. The van der Waals surface area contributed by atoms with Crippen LogP contribution in [0.3, 0.4) is 0 Å². The van der Waals surface area contributed by atoms with Crippen LogP contribution in [0.25, 0.3) is 10.9 Å². The van der Waals surface area contributed by atoms with Gasteiger partial charge < -0.3 is 20.9 Å². The Bertz CT molecular complexity index is 707. The second kappa shape index (κ2) is 5.12. The second-order valence-corrected chi connectivity index (χ2v) is 5.44. The highest BCUT2D eigenvalue weighted by Gasteiger charge is 2.28. The van der Waals surface area contributed by atoms with E-state index in [-0.39, 0.29) is 17.9 Å². The topological polar surface area (TPSA) is 91.2 Å². The molecule has 1 atom stereocenters. The zero-order valence-corrected chi connectivity index (χ0v) is 11.8. The summed E-state index contributed by atoms with van der Waals surface area (Å²) in [6.45, 7) is 2.71. The number of rotatable bonds is 2. The molecule has 6 heteroatoms. The second-order valence-electron chi connectivity index (χ2n) is 5.44. The number of hydrogen-bond donors (Lipinski definition) is 3. The number of aromatic nitrogens is 1. The molecule has 0 spiro atoms. The highest BCUT2D eigenvalue weighted by Crippen LogP contribution is 2.23. The van der Waals surface area contributed by atoms with Crippen LogP contribution in [0.1, 0.15) is 23.7 Å². The number of nitrogens with one attached hydrogen (secondary N) is 2. The molecule has 3 rings (SSSR count). The average Bonchev–Trinajstić information content (AvgIpc) is 3.03. The Balaban J connectivity index is 1.80. The maximum atomic E-state index is 12.6. The zero-order chi connectivity index (χ0) is 15.0. The van der Waals surface area contributed by atoms with Gasteiger partial charge in [-0.1, -0.05) is 0 Å². The first-order valence-electron chi connectivity index (χ1n) is 6.97. The zero-order valence-electron chi connectivity index (χ0n) is 11.8. The summed E-state index contributed by atoms with van der Waals surface area (Å²) in [5.41, 5.74) is 7.91. The fraction of sp³-hybridized carbons (Fsp3) is 0.333. The Morgan fingerprint density at radius 2 is 2.24 bits per heavy atom. The van der Waals surface area contributed by atoms with Crippen molar-refractivity contribution in [1.29, 1.82) is 0 Å². The van der Waals surface area contributed by atoms with Crippen molar-refractivity contribution in [2.24, 2.45) is 0 Å². The maximum Gasteiger partial charge on any atom is 0.256 e. The number of aromatic amines is 1. The summed E-state index contributed by atoms with van der Waals surface area (Å²) in [5.74, 6) is -0.0734. The summed E-state index contributed by atoms with van der Waals surface area (Å²) < 4.78 is 0. The normalized spacial score (nSPS) is 18.1. The number of fused-ring (bicyclic) bond motifs is 1. The number of H-pyrrole nitrogens is 1. The molecule has 2 amide bonds. The lowest BCUT2D eigenvalue weighted by molar-refractivity contribution is -0.119. The molecule has 0 aliphatic carbocycles. The molecule has 1 aromatic heterocycles. The number of amides is 2. The van der Waals surface area contributed by atoms with Gasteiger partial charge in [0.25, 0.3) is 5.91 Å². The molecule has 0 radical (unpaired) electrons. The van der Waals surface area contributed by atoms with Crippen molar-refractivity contribution in [2.75, 3.05) is 18.8 Å². The van der Waals surface area contributed by atoms with Crippen molar-refractivity contribution in [2.45, 2.75) is 19.4 Å². The van der Waals surface area contributed by atoms with E-state index in [0.717, 1.165) is 17.3 Å². The Morgan fingerprint density at radius 1 is 1.43 bits per heavy atom. The molecule has 2 aromatic rings. The van der Waals surface area contributed by atoms with E-state index in [1.165, 1.54) is 6.92 Å². The fourth-order valence-corrected chi connectivity index (χ4v) is 2.84. The van der Waals surface area contributed by atoms with Crippen LogP contribution in [-0.2, 0) is 4.79 Å². The molecular weight excluding hydrogens is 268 g/mol. The van der Waals surface area contributed by atoms with Gasteiger partial charge in [-0.3, -0.25) is 9.59 Å². The van der Waals surface area contributed by atoms with Crippen molar-refractivity contribution in [3.05, 3.63) is 30.0 Å². The summed E-state index contributed by atoms with van der Waals surface area (Å²) in [5, 5.41) is 3.73. The summed E-state index contributed by atoms with van der Waals surface area (Å²) in [7, 11) is 0. The minimum atomic E-state index is -0.0585. The van der Waals surface area contributed by atoms with Gasteiger partial charge in [0.1, 0.15) is 0 Å². The first-order valence-corrected chi connectivity index (χ1v) is 6.97. The van der Waals surface area contributed by atoms with Crippen LogP contribution >= 0.6 is 0 Å². The minimum Gasteiger partial charge on any atom is -0.399 e. The van der Waals surface area contributed by atoms with Gasteiger partial charge in [-0.25, -0.2) is 0 Å². The third-order valence-corrected chi connectivity index (χ3v) is 3.82. The quantitative estimate of drug-likeness (QED) is 0.722. The lowest BCUT2D eigenvalue weighted by Crippen LogP contribution is -2.37. The molecule has 21 heavy (non-hydrogen) atoms. The van der Waals surface area contributed by atoms with Gasteiger partial charge in [0.15, 0.2) is 0 Å². The van der Waals surface area contributed by atoms with E-state index >= 15 is 0 Å². The van der Waals surface area contributed by atoms with Crippen LogP contribution in [0.2, 0.25) is 0 Å². The fourth-order valence-electron chi connectivity index (χ4n) is 2.84.